The highest BCUT2D eigenvalue weighted by molar-refractivity contribution is 5.79. The molecule has 1 aromatic heterocycles. The molecule has 0 radical (unpaired) electrons. The number of nitrogens with zero attached hydrogens (tertiary/aromatic N) is 3. The van der Waals surface area contributed by atoms with Gasteiger partial charge in [0.1, 0.15) is 18.2 Å². The van der Waals surface area contributed by atoms with Gasteiger partial charge >= 0.3 is 5.97 Å². The minimum absolute atomic E-state index is 0.153. The van der Waals surface area contributed by atoms with Crippen molar-refractivity contribution in [2.75, 3.05) is 11.4 Å². The van der Waals surface area contributed by atoms with Crippen molar-refractivity contribution < 1.29 is 9.90 Å². The Hall–Kier alpha value is -1.65. The van der Waals surface area contributed by atoms with Crippen molar-refractivity contribution in [3.63, 3.8) is 0 Å². The van der Waals surface area contributed by atoms with Crippen molar-refractivity contribution in [2.24, 2.45) is 5.92 Å². The van der Waals surface area contributed by atoms with Gasteiger partial charge in [-0.2, -0.15) is 0 Å². The number of hydrogen-bond donors (Lipinski definition) is 1. The van der Waals surface area contributed by atoms with Crippen LogP contribution in [0.5, 0.6) is 0 Å². The van der Waals surface area contributed by atoms with Crippen LogP contribution in [0.4, 0.5) is 5.82 Å². The van der Waals surface area contributed by atoms with Crippen molar-refractivity contribution in [3.05, 3.63) is 18.1 Å². The van der Waals surface area contributed by atoms with E-state index in [2.05, 4.69) is 23.8 Å². The Balaban J connectivity index is 2.30. The van der Waals surface area contributed by atoms with Crippen LogP contribution in [0, 0.1) is 5.92 Å². The molecule has 0 spiro atoms. The number of carbonyl (C=O) groups is 1. The van der Waals surface area contributed by atoms with Gasteiger partial charge in [-0.05, 0) is 18.3 Å². The maximum Gasteiger partial charge on any atom is 0.326 e. The SMILES string of the molecule is CC(C)c1cc(N2CCC(C)C2C(=O)O)ncn1. The van der Waals surface area contributed by atoms with Crippen molar-refractivity contribution in [1.29, 1.82) is 0 Å². The number of aliphatic carboxylic acids is 1. The van der Waals surface area contributed by atoms with Gasteiger partial charge in [0.15, 0.2) is 0 Å². The van der Waals surface area contributed by atoms with Crippen LogP contribution in [-0.2, 0) is 4.79 Å². The van der Waals surface area contributed by atoms with Gasteiger partial charge in [-0.25, -0.2) is 14.8 Å². The monoisotopic (exact) mass is 249 g/mol. The molecule has 0 aromatic carbocycles. The van der Waals surface area contributed by atoms with Crippen molar-refractivity contribution >= 4 is 11.8 Å². The van der Waals surface area contributed by atoms with E-state index in [1.54, 1.807) is 0 Å². The molecule has 5 heteroatoms. The fourth-order valence-corrected chi connectivity index (χ4v) is 2.41. The van der Waals surface area contributed by atoms with Gasteiger partial charge in [0.25, 0.3) is 0 Å². The van der Waals surface area contributed by atoms with E-state index in [1.165, 1.54) is 6.33 Å². The molecule has 2 unspecified atom stereocenters. The molecule has 2 heterocycles. The minimum Gasteiger partial charge on any atom is -0.480 e. The summed E-state index contributed by atoms with van der Waals surface area (Å²) in [6, 6.07) is 1.43. The third-order valence-corrected chi connectivity index (χ3v) is 3.51. The summed E-state index contributed by atoms with van der Waals surface area (Å²) in [6.45, 7) is 6.84. The van der Waals surface area contributed by atoms with Gasteiger partial charge in [-0.15, -0.1) is 0 Å². The minimum atomic E-state index is -0.773. The van der Waals surface area contributed by atoms with Crippen molar-refractivity contribution in [1.82, 2.24) is 9.97 Å². The standard InChI is InChI=1S/C13H19N3O2/c1-8(2)10-6-11(15-7-14-10)16-5-4-9(3)12(16)13(17)18/h6-9,12H,4-5H2,1-3H3,(H,17,18). The van der Waals surface area contributed by atoms with Gasteiger partial charge in [0.05, 0.1) is 0 Å². The van der Waals surface area contributed by atoms with Gasteiger partial charge < -0.3 is 10.0 Å². The molecule has 98 valence electrons. The second-order valence-electron chi connectivity index (χ2n) is 5.20. The smallest absolute Gasteiger partial charge is 0.326 e. The Morgan fingerprint density at radius 3 is 2.83 bits per heavy atom. The van der Waals surface area contributed by atoms with Crippen molar-refractivity contribution in [3.8, 4) is 0 Å². The number of hydrogen-bond acceptors (Lipinski definition) is 4. The van der Waals surface area contributed by atoms with E-state index in [0.29, 0.717) is 5.92 Å². The van der Waals surface area contributed by atoms with E-state index in [1.807, 2.05) is 17.9 Å². The van der Waals surface area contributed by atoms with Crippen LogP contribution in [0.3, 0.4) is 0 Å². The molecular formula is C13H19N3O2. The predicted molar refractivity (Wildman–Crippen MR) is 68.7 cm³/mol. The summed E-state index contributed by atoms with van der Waals surface area (Å²) in [7, 11) is 0. The molecule has 1 aliphatic heterocycles. The zero-order valence-electron chi connectivity index (χ0n) is 11.0. The Labute approximate surface area is 107 Å². The molecule has 1 aromatic rings. The molecule has 0 saturated carbocycles. The molecule has 18 heavy (non-hydrogen) atoms. The zero-order valence-corrected chi connectivity index (χ0v) is 11.0. The van der Waals surface area contributed by atoms with Gasteiger partial charge in [-0.1, -0.05) is 20.8 Å². The average molecular weight is 249 g/mol. The second-order valence-corrected chi connectivity index (χ2v) is 5.20. The largest absolute Gasteiger partial charge is 0.480 e. The van der Waals surface area contributed by atoms with Crippen LogP contribution in [0.1, 0.15) is 38.8 Å². The summed E-state index contributed by atoms with van der Waals surface area (Å²) in [5.74, 6) is 0.421. The lowest BCUT2D eigenvalue weighted by Crippen LogP contribution is -2.39. The summed E-state index contributed by atoms with van der Waals surface area (Å²) in [4.78, 5) is 21.6. The molecule has 0 aliphatic carbocycles. The third-order valence-electron chi connectivity index (χ3n) is 3.51. The lowest BCUT2D eigenvalue weighted by atomic mass is 10.0. The molecule has 1 fully saturated rings. The van der Waals surface area contributed by atoms with E-state index >= 15 is 0 Å². The van der Waals surface area contributed by atoms with Crippen LogP contribution >= 0.6 is 0 Å². The highest BCUT2D eigenvalue weighted by Gasteiger charge is 2.37. The molecule has 1 N–H and O–H groups in total. The summed E-state index contributed by atoms with van der Waals surface area (Å²) < 4.78 is 0. The summed E-state index contributed by atoms with van der Waals surface area (Å²) in [6.07, 6.45) is 2.41. The van der Waals surface area contributed by atoms with Crippen LogP contribution in [-0.4, -0.2) is 33.6 Å². The quantitative estimate of drug-likeness (QED) is 0.886. The first kappa shape index (κ1) is 12.8. The number of carboxylic acid groups (broad SMARTS) is 1. The molecule has 0 bridgehead atoms. The first-order valence-electron chi connectivity index (χ1n) is 6.32. The van der Waals surface area contributed by atoms with Gasteiger partial charge in [0.2, 0.25) is 0 Å². The molecular weight excluding hydrogens is 230 g/mol. The second kappa shape index (κ2) is 4.92. The number of aromatic nitrogens is 2. The normalized spacial score (nSPS) is 23.7. The maximum atomic E-state index is 11.3. The Kier molecular flexibility index (Phi) is 3.50. The molecule has 2 atom stereocenters. The van der Waals surface area contributed by atoms with Crippen LogP contribution in [0.15, 0.2) is 12.4 Å². The Morgan fingerprint density at radius 1 is 1.50 bits per heavy atom. The summed E-state index contributed by atoms with van der Waals surface area (Å²) >= 11 is 0. The molecule has 5 nitrogen and oxygen atoms in total. The van der Waals surface area contributed by atoms with E-state index in [4.69, 9.17) is 0 Å². The summed E-state index contributed by atoms with van der Waals surface area (Å²) in [5, 5.41) is 9.31. The fraction of sp³-hybridized carbons (Fsp3) is 0.615. The zero-order chi connectivity index (χ0) is 13.3. The first-order chi connectivity index (χ1) is 8.50. The topological polar surface area (TPSA) is 66.3 Å². The van der Waals surface area contributed by atoms with Crippen LogP contribution < -0.4 is 4.90 Å². The lowest BCUT2D eigenvalue weighted by molar-refractivity contribution is -0.139. The van der Waals surface area contributed by atoms with Gasteiger partial charge in [0, 0.05) is 18.3 Å². The van der Waals surface area contributed by atoms with E-state index in [-0.39, 0.29) is 5.92 Å². The molecule has 1 aliphatic rings. The van der Waals surface area contributed by atoms with Crippen LogP contribution in [0.2, 0.25) is 0 Å². The molecule has 1 saturated heterocycles. The fourth-order valence-electron chi connectivity index (χ4n) is 2.41. The van der Waals surface area contributed by atoms with E-state index < -0.39 is 12.0 Å². The molecule has 0 amide bonds. The highest BCUT2D eigenvalue weighted by Crippen LogP contribution is 2.29. The highest BCUT2D eigenvalue weighted by atomic mass is 16.4. The first-order valence-corrected chi connectivity index (χ1v) is 6.32. The average Bonchev–Trinajstić information content (AvgIpc) is 2.71. The van der Waals surface area contributed by atoms with Gasteiger partial charge in [-0.3, -0.25) is 0 Å². The van der Waals surface area contributed by atoms with Crippen LogP contribution in [0.25, 0.3) is 0 Å². The predicted octanol–water partition coefficient (Wildman–Crippen LogP) is 1.90. The molecule has 2 rings (SSSR count). The third kappa shape index (κ3) is 2.30. The Bertz CT molecular complexity index is 448. The number of anilines is 1. The van der Waals surface area contributed by atoms with E-state index in [9.17, 15) is 9.90 Å². The van der Waals surface area contributed by atoms with Crippen molar-refractivity contribution in [2.45, 2.75) is 39.2 Å². The number of carboxylic acids is 1. The Morgan fingerprint density at radius 2 is 2.22 bits per heavy atom. The van der Waals surface area contributed by atoms with E-state index in [0.717, 1.165) is 24.5 Å². The number of rotatable bonds is 3. The lowest BCUT2D eigenvalue weighted by Gasteiger charge is -2.24. The maximum absolute atomic E-state index is 11.3. The summed E-state index contributed by atoms with van der Waals surface area (Å²) in [5.41, 5.74) is 0.948.